The highest BCUT2D eigenvalue weighted by Gasteiger charge is 2.33. The first-order valence-corrected chi connectivity index (χ1v) is 8.30. The number of fused-ring (bicyclic) bond motifs is 1. The summed E-state index contributed by atoms with van der Waals surface area (Å²) in [6.45, 7) is 3.28. The van der Waals surface area contributed by atoms with Crippen molar-refractivity contribution < 1.29 is 9.59 Å². The van der Waals surface area contributed by atoms with E-state index in [4.69, 9.17) is 0 Å². The Morgan fingerprint density at radius 3 is 2.41 bits per heavy atom. The van der Waals surface area contributed by atoms with Crippen molar-refractivity contribution >= 4 is 17.5 Å². The van der Waals surface area contributed by atoms with Gasteiger partial charge in [-0.1, -0.05) is 19.3 Å². The first-order chi connectivity index (χ1) is 10.6. The second kappa shape index (κ2) is 6.51. The first-order valence-electron chi connectivity index (χ1n) is 8.30. The fourth-order valence-electron chi connectivity index (χ4n) is 3.87. The molecule has 1 aliphatic heterocycles. The molecule has 1 aromatic carbocycles. The van der Waals surface area contributed by atoms with Gasteiger partial charge in [0.15, 0.2) is 0 Å². The van der Waals surface area contributed by atoms with Crippen molar-refractivity contribution in [2.24, 2.45) is 11.8 Å². The van der Waals surface area contributed by atoms with Crippen LogP contribution in [0.5, 0.6) is 0 Å². The maximum absolute atomic E-state index is 12.6. The fourth-order valence-corrected chi connectivity index (χ4v) is 3.87. The summed E-state index contributed by atoms with van der Waals surface area (Å²) < 4.78 is 0. The third-order valence-electron chi connectivity index (χ3n) is 5.03. The van der Waals surface area contributed by atoms with Crippen LogP contribution in [0.3, 0.4) is 0 Å². The highest BCUT2D eigenvalue weighted by atomic mass is 16.2. The van der Waals surface area contributed by atoms with Gasteiger partial charge >= 0.3 is 0 Å². The quantitative estimate of drug-likeness (QED) is 0.911. The van der Waals surface area contributed by atoms with Crippen LogP contribution in [-0.2, 0) is 4.79 Å². The van der Waals surface area contributed by atoms with E-state index in [1.54, 1.807) is 24.3 Å². The second-order valence-corrected chi connectivity index (χ2v) is 6.60. The largest absolute Gasteiger partial charge is 0.338 e. The summed E-state index contributed by atoms with van der Waals surface area (Å²) >= 11 is 0. The zero-order chi connectivity index (χ0) is 15.5. The smallest absolute Gasteiger partial charge is 0.253 e. The Kier molecular flexibility index (Phi) is 4.46. The molecule has 1 saturated carbocycles. The van der Waals surface area contributed by atoms with Crippen molar-refractivity contribution in [2.45, 2.75) is 39.0 Å². The van der Waals surface area contributed by atoms with Gasteiger partial charge in [0.2, 0.25) is 5.91 Å². The maximum atomic E-state index is 12.6. The number of piperidine rings is 1. The number of hydrogen-bond donors (Lipinski definition) is 1. The Morgan fingerprint density at radius 1 is 1.05 bits per heavy atom. The van der Waals surface area contributed by atoms with Gasteiger partial charge in [0.1, 0.15) is 0 Å². The Labute approximate surface area is 131 Å². The van der Waals surface area contributed by atoms with E-state index in [9.17, 15) is 9.59 Å². The fraction of sp³-hybridized carbons (Fsp3) is 0.556. The number of nitrogens with zero attached hydrogens (tertiary/aromatic N) is 1. The monoisotopic (exact) mass is 300 g/mol. The maximum Gasteiger partial charge on any atom is 0.253 e. The molecule has 2 unspecified atom stereocenters. The molecule has 4 heteroatoms. The summed E-state index contributed by atoms with van der Waals surface area (Å²) in [5, 5.41) is 2.72. The molecule has 2 amide bonds. The van der Waals surface area contributed by atoms with E-state index < -0.39 is 0 Å². The van der Waals surface area contributed by atoms with Gasteiger partial charge in [-0.15, -0.1) is 0 Å². The Morgan fingerprint density at radius 2 is 1.73 bits per heavy atom. The molecule has 0 radical (unpaired) electrons. The van der Waals surface area contributed by atoms with E-state index >= 15 is 0 Å². The van der Waals surface area contributed by atoms with Crippen molar-refractivity contribution in [3.8, 4) is 0 Å². The molecule has 0 aromatic heterocycles. The number of hydrogen-bond acceptors (Lipinski definition) is 2. The number of benzene rings is 1. The predicted octanol–water partition coefficient (Wildman–Crippen LogP) is 3.30. The van der Waals surface area contributed by atoms with E-state index in [1.165, 1.54) is 32.6 Å². The van der Waals surface area contributed by atoms with Gasteiger partial charge in [0.05, 0.1) is 0 Å². The Bertz CT molecular complexity index is 553. The second-order valence-electron chi connectivity index (χ2n) is 6.60. The summed E-state index contributed by atoms with van der Waals surface area (Å²) in [5.41, 5.74) is 1.44. The van der Waals surface area contributed by atoms with Gasteiger partial charge in [-0.25, -0.2) is 0 Å². The molecule has 2 aliphatic rings. The number of carbonyl (C=O) groups excluding carboxylic acids is 2. The molecular weight excluding hydrogens is 276 g/mol. The number of anilines is 1. The summed E-state index contributed by atoms with van der Waals surface area (Å²) in [7, 11) is 0. The van der Waals surface area contributed by atoms with Crippen molar-refractivity contribution in [1.29, 1.82) is 0 Å². The van der Waals surface area contributed by atoms with Crippen LogP contribution in [0.25, 0.3) is 0 Å². The zero-order valence-electron chi connectivity index (χ0n) is 13.2. The molecule has 1 aromatic rings. The first kappa shape index (κ1) is 15.1. The van der Waals surface area contributed by atoms with Crippen LogP contribution in [0.1, 0.15) is 49.4 Å². The standard InChI is InChI=1S/C18H24N2O2/c1-13(21)19-17-8-6-15(7-9-17)18(22)20-11-10-14-4-2-3-5-16(14)12-20/h6-9,14,16H,2-5,10-12H2,1H3,(H,19,21). The van der Waals surface area contributed by atoms with E-state index in [0.29, 0.717) is 11.5 Å². The SMILES string of the molecule is CC(=O)Nc1ccc(C(=O)N2CCC3CCCCC3C2)cc1. The molecule has 4 nitrogen and oxygen atoms in total. The third kappa shape index (κ3) is 3.32. The number of carbonyl (C=O) groups is 2. The molecule has 2 fully saturated rings. The lowest BCUT2D eigenvalue weighted by Gasteiger charge is -2.41. The minimum absolute atomic E-state index is 0.0987. The number of amides is 2. The summed E-state index contributed by atoms with van der Waals surface area (Å²) in [5.74, 6) is 1.56. The van der Waals surface area contributed by atoms with Crippen molar-refractivity contribution in [1.82, 2.24) is 4.90 Å². The molecule has 1 heterocycles. The van der Waals surface area contributed by atoms with Crippen LogP contribution in [0, 0.1) is 11.8 Å². The van der Waals surface area contributed by atoms with Crippen molar-refractivity contribution in [3.63, 3.8) is 0 Å². The van der Waals surface area contributed by atoms with E-state index in [0.717, 1.165) is 31.1 Å². The molecule has 3 rings (SSSR count). The average Bonchev–Trinajstić information content (AvgIpc) is 2.54. The molecule has 0 spiro atoms. The summed E-state index contributed by atoms with van der Waals surface area (Å²) in [6, 6.07) is 7.20. The molecule has 1 N–H and O–H groups in total. The topological polar surface area (TPSA) is 49.4 Å². The third-order valence-corrected chi connectivity index (χ3v) is 5.03. The van der Waals surface area contributed by atoms with Crippen molar-refractivity contribution in [2.75, 3.05) is 18.4 Å². The van der Waals surface area contributed by atoms with Crippen LogP contribution in [0.4, 0.5) is 5.69 Å². The van der Waals surface area contributed by atoms with Crippen LogP contribution in [0.15, 0.2) is 24.3 Å². The lowest BCUT2D eigenvalue weighted by Crippen LogP contribution is -2.44. The van der Waals surface area contributed by atoms with Gasteiger partial charge < -0.3 is 10.2 Å². The van der Waals surface area contributed by atoms with Crippen molar-refractivity contribution in [3.05, 3.63) is 29.8 Å². The van der Waals surface area contributed by atoms with E-state index in [-0.39, 0.29) is 11.8 Å². The van der Waals surface area contributed by atoms with Crippen LogP contribution in [0.2, 0.25) is 0 Å². The van der Waals surface area contributed by atoms with Crippen LogP contribution >= 0.6 is 0 Å². The van der Waals surface area contributed by atoms with E-state index in [1.807, 2.05) is 4.90 Å². The normalized spacial score (nSPS) is 24.5. The van der Waals surface area contributed by atoms with Gasteiger partial charge in [-0.3, -0.25) is 9.59 Å². The molecule has 2 atom stereocenters. The number of nitrogens with one attached hydrogen (secondary N) is 1. The minimum Gasteiger partial charge on any atom is -0.338 e. The van der Waals surface area contributed by atoms with Gasteiger partial charge in [-0.2, -0.15) is 0 Å². The Hall–Kier alpha value is -1.84. The van der Waals surface area contributed by atoms with Gasteiger partial charge in [0, 0.05) is 31.3 Å². The molecule has 118 valence electrons. The van der Waals surface area contributed by atoms with Crippen LogP contribution in [-0.4, -0.2) is 29.8 Å². The highest BCUT2D eigenvalue weighted by Crippen LogP contribution is 2.36. The lowest BCUT2D eigenvalue weighted by atomic mass is 9.75. The lowest BCUT2D eigenvalue weighted by molar-refractivity contribution is -0.114. The van der Waals surface area contributed by atoms with E-state index in [2.05, 4.69) is 5.32 Å². The molecule has 0 bridgehead atoms. The average molecular weight is 300 g/mol. The summed E-state index contributed by atoms with van der Waals surface area (Å²) in [6.07, 6.45) is 6.45. The zero-order valence-corrected chi connectivity index (χ0v) is 13.2. The number of rotatable bonds is 2. The Balaban J connectivity index is 1.64. The predicted molar refractivity (Wildman–Crippen MR) is 86.7 cm³/mol. The van der Waals surface area contributed by atoms with Crippen LogP contribution < -0.4 is 5.32 Å². The molecular formula is C18H24N2O2. The molecule has 1 aliphatic carbocycles. The highest BCUT2D eigenvalue weighted by molar-refractivity contribution is 5.95. The number of likely N-dealkylation sites (tertiary alicyclic amines) is 1. The summed E-state index contributed by atoms with van der Waals surface area (Å²) in [4.78, 5) is 25.7. The molecule has 1 saturated heterocycles. The van der Waals surface area contributed by atoms with Gasteiger partial charge in [0.25, 0.3) is 5.91 Å². The minimum atomic E-state index is -0.0987. The molecule has 22 heavy (non-hydrogen) atoms. The van der Waals surface area contributed by atoms with Gasteiger partial charge in [-0.05, 0) is 48.9 Å².